The van der Waals surface area contributed by atoms with Gasteiger partial charge in [0, 0.05) is 12.3 Å². The second-order valence-corrected chi connectivity index (χ2v) is 3.08. The molecule has 0 amide bonds. The number of rotatable bonds is 5. The zero-order valence-electron chi connectivity index (χ0n) is 8.48. The van der Waals surface area contributed by atoms with Gasteiger partial charge in [0.05, 0.1) is 7.11 Å². The number of carbonyl (C=O) groups excluding carboxylic acids is 1. The first kappa shape index (κ1) is 12.5. The molecule has 0 fully saturated rings. The molecular weight excluding hydrogens is 186 g/mol. The van der Waals surface area contributed by atoms with Crippen molar-refractivity contribution in [3.05, 3.63) is 12.3 Å². The van der Waals surface area contributed by atoms with Crippen LogP contribution in [0.5, 0.6) is 0 Å². The van der Waals surface area contributed by atoms with E-state index in [-0.39, 0.29) is 5.92 Å². The van der Waals surface area contributed by atoms with E-state index in [0.29, 0.717) is 0 Å². The van der Waals surface area contributed by atoms with Gasteiger partial charge in [-0.2, -0.15) is 0 Å². The van der Waals surface area contributed by atoms with E-state index in [2.05, 4.69) is 10.1 Å². The van der Waals surface area contributed by atoms with Gasteiger partial charge in [0.2, 0.25) is 0 Å². The van der Waals surface area contributed by atoms with E-state index in [1.165, 1.54) is 13.3 Å². The SMILES string of the molecule is COC(=O)C(N/C=C/C(=O)O)C(C)C. The quantitative estimate of drug-likeness (QED) is 0.496. The van der Waals surface area contributed by atoms with Crippen molar-refractivity contribution in [3.8, 4) is 0 Å². The number of hydrogen-bond acceptors (Lipinski definition) is 4. The van der Waals surface area contributed by atoms with E-state index >= 15 is 0 Å². The third-order valence-corrected chi connectivity index (χ3v) is 1.62. The summed E-state index contributed by atoms with van der Waals surface area (Å²) in [7, 11) is 1.29. The van der Waals surface area contributed by atoms with Crippen molar-refractivity contribution < 1.29 is 19.4 Å². The van der Waals surface area contributed by atoms with E-state index in [1.54, 1.807) is 0 Å². The van der Waals surface area contributed by atoms with Gasteiger partial charge in [-0.05, 0) is 5.92 Å². The van der Waals surface area contributed by atoms with Gasteiger partial charge in [-0.15, -0.1) is 0 Å². The minimum atomic E-state index is -1.06. The number of carboxylic acids is 1. The smallest absolute Gasteiger partial charge is 0.329 e. The fourth-order valence-corrected chi connectivity index (χ4v) is 0.883. The van der Waals surface area contributed by atoms with Crippen molar-refractivity contribution in [2.75, 3.05) is 7.11 Å². The molecule has 14 heavy (non-hydrogen) atoms. The average Bonchev–Trinajstić information content (AvgIpc) is 2.10. The molecule has 0 rings (SSSR count). The highest BCUT2D eigenvalue weighted by molar-refractivity contribution is 5.80. The summed E-state index contributed by atoms with van der Waals surface area (Å²) in [5, 5.41) is 11.0. The molecule has 0 saturated heterocycles. The van der Waals surface area contributed by atoms with Crippen LogP contribution in [0.25, 0.3) is 0 Å². The van der Waals surface area contributed by atoms with Crippen LogP contribution in [0.3, 0.4) is 0 Å². The van der Waals surface area contributed by atoms with Gasteiger partial charge >= 0.3 is 11.9 Å². The lowest BCUT2D eigenvalue weighted by Crippen LogP contribution is -2.38. The normalized spacial score (nSPS) is 12.9. The van der Waals surface area contributed by atoms with Crippen LogP contribution in [0.4, 0.5) is 0 Å². The predicted molar refractivity (Wildman–Crippen MR) is 50.6 cm³/mol. The first-order chi connectivity index (χ1) is 6.49. The molecule has 0 bridgehead atoms. The standard InChI is InChI=1S/C9H15NO4/c1-6(2)8(9(13)14-3)10-5-4-7(11)12/h4-6,8,10H,1-3H3,(H,11,12)/b5-4+. The highest BCUT2D eigenvalue weighted by Crippen LogP contribution is 2.03. The minimum absolute atomic E-state index is 0.0286. The lowest BCUT2D eigenvalue weighted by molar-refractivity contribution is -0.144. The first-order valence-corrected chi connectivity index (χ1v) is 4.22. The van der Waals surface area contributed by atoms with Crippen LogP contribution in [-0.4, -0.2) is 30.2 Å². The Balaban J connectivity index is 4.24. The summed E-state index contributed by atoms with van der Waals surface area (Å²) in [5.74, 6) is -1.44. The first-order valence-electron chi connectivity index (χ1n) is 4.22. The molecule has 0 radical (unpaired) electrons. The van der Waals surface area contributed by atoms with Crippen LogP contribution in [0.15, 0.2) is 12.3 Å². The van der Waals surface area contributed by atoms with E-state index in [9.17, 15) is 9.59 Å². The van der Waals surface area contributed by atoms with Gasteiger partial charge < -0.3 is 15.2 Å². The maximum absolute atomic E-state index is 11.2. The maximum atomic E-state index is 11.2. The highest BCUT2D eigenvalue weighted by atomic mass is 16.5. The lowest BCUT2D eigenvalue weighted by Gasteiger charge is -2.17. The van der Waals surface area contributed by atoms with E-state index in [1.807, 2.05) is 13.8 Å². The molecule has 0 spiro atoms. The van der Waals surface area contributed by atoms with Gasteiger partial charge in [0.25, 0.3) is 0 Å². The monoisotopic (exact) mass is 201 g/mol. The molecule has 1 atom stereocenters. The Bertz CT molecular complexity index is 235. The number of ether oxygens (including phenoxy) is 1. The summed E-state index contributed by atoms with van der Waals surface area (Å²) in [5.41, 5.74) is 0. The fraction of sp³-hybridized carbons (Fsp3) is 0.556. The molecular formula is C9H15NO4. The Morgan fingerprint density at radius 1 is 1.43 bits per heavy atom. The Hall–Kier alpha value is -1.52. The zero-order valence-corrected chi connectivity index (χ0v) is 8.48. The van der Waals surface area contributed by atoms with Crippen molar-refractivity contribution in [2.45, 2.75) is 19.9 Å². The molecule has 5 heteroatoms. The highest BCUT2D eigenvalue weighted by Gasteiger charge is 2.20. The van der Waals surface area contributed by atoms with Crippen LogP contribution >= 0.6 is 0 Å². The number of nitrogens with one attached hydrogen (secondary N) is 1. The van der Waals surface area contributed by atoms with Gasteiger partial charge in [-0.25, -0.2) is 9.59 Å². The number of methoxy groups -OCH3 is 1. The molecule has 0 aromatic carbocycles. The van der Waals surface area contributed by atoms with E-state index in [0.717, 1.165) is 6.08 Å². The number of carbonyl (C=O) groups is 2. The lowest BCUT2D eigenvalue weighted by atomic mass is 10.1. The average molecular weight is 201 g/mol. The van der Waals surface area contributed by atoms with E-state index < -0.39 is 18.0 Å². The second-order valence-electron chi connectivity index (χ2n) is 3.08. The second kappa shape index (κ2) is 6.01. The third-order valence-electron chi connectivity index (χ3n) is 1.62. The third kappa shape index (κ3) is 4.49. The molecule has 5 nitrogen and oxygen atoms in total. The molecule has 0 aliphatic carbocycles. The summed E-state index contributed by atoms with van der Waals surface area (Å²) in [6.07, 6.45) is 2.15. The Morgan fingerprint density at radius 2 is 2.00 bits per heavy atom. The van der Waals surface area contributed by atoms with E-state index in [4.69, 9.17) is 5.11 Å². The van der Waals surface area contributed by atoms with Crippen LogP contribution in [0.1, 0.15) is 13.8 Å². The van der Waals surface area contributed by atoms with Gasteiger partial charge in [0.1, 0.15) is 6.04 Å². The summed E-state index contributed by atoms with van der Waals surface area (Å²) < 4.78 is 4.55. The van der Waals surface area contributed by atoms with Crippen molar-refractivity contribution in [1.29, 1.82) is 0 Å². The number of hydrogen-bond donors (Lipinski definition) is 2. The van der Waals surface area contributed by atoms with Crippen molar-refractivity contribution in [1.82, 2.24) is 5.32 Å². The molecule has 1 unspecified atom stereocenters. The van der Waals surface area contributed by atoms with Gasteiger partial charge in [-0.1, -0.05) is 13.8 Å². The maximum Gasteiger partial charge on any atom is 0.329 e. The van der Waals surface area contributed by atoms with Crippen LogP contribution in [0.2, 0.25) is 0 Å². The molecule has 0 aliphatic rings. The van der Waals surface area contributed by atoms with Crippen molar-refractivity contribution in [2.24, 2.45) is 5.92 Å². The summed E-state index contributed by atoms with van der Waals surface area (Å²) >= 11 is 0. The van der Waals surface area contributed by atoms with Crippen molar-refractivity contribution in [3.63, 3.8) is 0 Å². The van der Waals surface area contributed by atoms with Gasteiger partial charge in [0.15, 0.2) is 0 Å². The predicted octanol–water partition coefficient (Wildman–Crippen LogP) is 0.372. The number of aliphatic carboxylic acids is 1. The number of carboxylic acid groups (broad SMARTS) is 1. The molecule has 0 aromatic heterocycles. The van der Waals surface area contributed by atoms with Crippen LogP contribution in [0, 0.1) is 5.92 Å². The molecule has 0 heterocycles. The summed E-state index contributed by atoms with van der Waals surface area (Å²) in [6.45, 7) is 3.67. The summed E-state index contributed by atoms with van der Waals surface area (Å²) in [4.78, 5) is 21.3. The number of esters is 1. The molecule has 2 N–H and O–H groups in total. The molecule has 80 valence electrons. The molecule has 0 aliphatic heterocycles. The Morgan fingerprint density at radius 3 is 2.36 bits per heavy atom. The van der Waals surface area contributed by atoms with Crippen molar-refractivity contribution >= 4 is 11.9 Å². The molecule has 0 aromatic rings. The minimum Gasteiger partial charge on any atom is -0.478 e. The fourth-order valence-electron chi connectivity index (χ4n) is 0.883. The van der Waals surface area contributed by atoms with Crippen LogP contribution in [-0.2, 0) is 14.3 Å². The largest absolute Gasteiger partial charge is 0.478 e. The Labute approximate surface area is 82.7 Å². The topological polar surface area (TPSA) is 75.6 Å². The zero-order chi connectivity index (χ0) is 11.1. The Kier molecular flexibility index (Phi) is 5.36. The van der Waals surface area contributed by atoms with Crippen LogP contribution < -0.4 is 5.32 Å². The molecule has 0 saturated carbocycles. The summed E-state index contributed by atoms with van der Waals surface area (Å²) in [6, 6.07) is -0.518. The van der Waals surface area contributed by atoms with Gasteiger partial charge in [-0.3, -0.25) is 0 Å².